The number of Topliss-reactive ketones (excluding diaryl/α,β-unsaturated/α-hetero) is 1. The maximum absolute atomic E-state index is 13.9. The van der Waals surface area contributed by atoms with E-state index in [0.717, 1.165) is 42.8 Å². The van der Waals surface area contributed by atoms with Crippen molar-refractivity contribution in [3.63, 3.8) is 0 Å². The van der Waals surface area contributed by atoms with Crippen molar-refractivity contribution < 1.29 is 27.5 Å². The van der Waals surface area contributed by atoms with Crippen molar-refractivity contribution >= 4 is 23.2 Å². The zero-order valence-electron chi connectivity index (χ0n) is 20.0. The number of piperidine rings is 1. The Balaban J connectivity index is 1.71. The number of ether oxygens (including phenoxy) is 1. The lowest BCUT2D eigenvalue weighted by atomic mass is 9.93. The highest BCUT2D eigenvalue weighted by Gasteiger charge is 2.38. The van der Waals surface area contributed by atoms with E-state index in [-0.39, 0.29) is 17.7 Å². The first-order valence-electron chi connectivity index (χ1n) is 11.9. The lowest BCUT2D eigenvalue weighted by Gasteiger charge is -2.31. The number of hydrogen-bond donors (Lipinski definition) is 2. The number of hydrogen-bond acceptors (Lipinski definition) is 6. The fourth-order valence-corrected chi connectivity index (χ4v) is 5.37. The molecule has 1 aliphatic carbocycles. The van der Waals surface area contributed by atoms with Gasteiger partial charge in [0.05, 0.1) is 15.4 Å². The van der Waals surface area contributed by atoms with Crippen LogP contribution in [0.4, 0.5) is 18.0 Å². The van der Waals surface area contributed by atoms with E-state index in [1.807, 2.05) is 0 Å². The fourth-order valence-electron chi connectivity index (χ4n) is 4.13. The minimum atomic E-state index is -4.50. The zero-order chi connectivity index (χ0) is 25.4. The molecule has 1 saturated carbocycles. The molecule has 0 spiro atoms. The van der Waals surface area contributed by atoms with Gasteiger partial charge in [-0.2, -0.15) is 13.2 Å². The molecule has 6 nitrogen and oxygen atoms in total. The van der Waals surface area contributed by atoms with Crippen molar-refractivity contribution in [2.75, 3.05) is 6.54 Å². The number of rotatable bonds is 6. The number of alkyl carbamates (subject to hydrolysis) is 1. The van der Waals surface area contributed by atoms with Gasteiger partial charge in [0.15, 0.2) is 0 Å². The van der Waals surface area contributed by atoms with Crippen LogP contribution >= 0.6 is 11.3 Å². The Kier molecular flexibility index (Phi) is 7.24. The van der Waals surface area contributed by atoms with Crippen molar-refractivity contribution in [1.29, 1.82) is 0 Å². The topological polar surface area (TPSA) is 80.3 Å². The first kappa shape index (κ1) is 25.6. The summed E-state index contributed by atoms with van der Waals surface area (Å²) in [7, 11) is 0. The van der Waals surface area contributed by atoms with E-state index < -0.39 is 35.3 Å². The smallest absolute Gasteiger partial charge is 0.416 e. The summed E-state index contributed by atoms with van der Waals surface area (Å²) in [6, 6.07) is 3.67. The number of carbonyl (C=O) groups excluding carboxylic acids is 2. The molecule has 1 amide bonds. The Morgan fingerprint density at radius 2 is 1.91 bits per heavy atom. The van der Waals surface area contributed by atoms with E-state index in [1.165, 1.54) is 17.4 Å². The molecular formula is C25H30F3N3O3S. The van der Waals surface area contributed by atoms with Crippen LogP contribution in [0.3, 0.4) is 0 Å². The number of thiazole rings is 1. The maximum Gasteiger partial charge on any atom is 0.416 e. The molecule has 1 aliphatic heterocycles. The van der Waals surface area contributed by atoms with Gasteiger partial charge in [0.25, 0.3) is 0 Å². The van der Waals surface area contributed by atoms with Gasteiger partial charge in [-0.1, -0.05) is 18.6 Å². The lowest BCUT2D eigenvalue weighted by Crippen LogP contribution is -2.56. The van der Waals surface area contributed by atoms with E-state index in [9.17, 15) is 22.8 Å². The van der Waals surface area contributed by atoms with Crippen molar-refractivity contribution in [3.8, 4) is 10.4 Å². The molecule has 2 unspecified atom stereocenters. The number of benzene rings is 1. The monoisotopic (exact) mass is 509 g/mol. The number of nitrogens with one attached hydrogen (secondary N) is 2. The molecular weight excluding hydrogens is 479 g/mol. The Morgan fingerprint density at radius 1 is 1.17 bits per heavy atom. The van der Waals surface area contributed by atoms with Gasteiger partial charge in [0.2, 0.25) is 5.78 Å². The van der Waals surface area contributed by atoms with Gasteiger partial charge in [-0.25, -0.2) is 9.78 Å². The summed E-state index contributed by atoms with van der Waals surface area (Å²) in [5, 5.41) is 6.77. The quantitative estimate of drug-likeness (QED) is 0.472. The van der Waals surface area contributed by atoms with Crippen molar-refractivity contribution in [3.05, 3.63) is 40.5 Å². The fraction of sp³-hybridized carbons (Fsp3) is 0.560. The van der Waals surface area contributed by atoms with E-state index in [4.69, 9.17) is 4.74 Å². The summed E-state index contributed by atoms with van der Waals surface area (Å²) in [5.74, 6) is -0.206. The summed E-state index contributed by atoms with van der Waals surface area (Å²) < 4.78 is 45.6. The molecule has 2 fully saturated rings. The molecule has 0 bridgehead atoms. The molecule has 190 valence electrons. The first-order chi connectivity index (χ1) is 16.4. The molecule has 10 heteroatoms. The van der Waals surface area contributed by atoms with Crippen LogP contribution in [0.2, 0.25) is 0 Å². The SMILES string of the molecule is CC(C)(C)OC(=O)NC(C(=O)c1nc(C2CC2)sc1-c1cccc(C(F)(F)F)c1)C1CCCCN1. The van der Waals surface area contributed by atoms with Gasteiger partial charge >= 0.3 is 12.3 Å². The molecule has 2 aromatic rings. The average molecular weight is 510 g/mol. The van der Waals surface area contributed by atoms with E-state index >= 15 is 0 Å². The predicted molar refractivity (Wildman–Crippen MR) is 128 cm³/mol. The predicted octanol–water partition coefficient (Wildman–Crippen LogP) is 5.92. The Labute approximate surface area is 206 Å². The molecule has 1 aromatic carbocycles. The summed E-state index contributed by atoms with van der Waals surface area (Å²) >= 11 is 1.26. The summed E-state index contributed by atoms with van der Waals surface area (Å²) in [6.45, 7) is 5.90. The van der Waals surface area contributed by atoms with Gasteiger partial charge in [-0.3, -0.25) is 4.79 Å². The average Bonchev–Trinajstić information content (AvgIpc) is 3.54. The van der Waals surface area contributed by atoms with Crippen LogP contribution in [0.1, 0.15) is 79.9 Å². The van der Waals surface area contributed by atoms with Crippen LogP contribution in [-0.2, 0) is 10.9 Å². The molecule has 0 radical (unpaired) electrons. The third-order valence-electron chi connectivity index (χ3n) is 5.96. The highest BCUT2D eigenvalue weighted by molar-refractivity contribution is 7.15. The summed E-state index contributed by atoms with van der Waals surface area (Å²) in [6.07, 6.45) is -0.826. The number of aromatic nitrogens is 1. The minimum Gasteiger partial charge on any atom is -0.444 e. The summed E-state index contributed by atoms with van der Waals surface area (Å²) in [4.78, 5) is 31.5. The van der Waals surface area contributed by atoms with E-state index in [1.54, 1.807) is 26.8 Å². The highest BCUT2D eigenvalue weighted by atomic mass is 32.1. The second-order valence-corrected chi connectivity index (χ2v) is 11.2. The zero-order valence-corrected chi connectivity index (χ0v) is 20.8. The number of carbonyl (C=O) groups is 2. The number of amides is 1. The Morgan fingerprint density at radius 3 is 2.51 bits per heavy atom. The third kappa shape index (κ3) is 6.41. The molecule has 1 aromatic heterocycles. The van der Waals surface area contributed by atoms with Crippen molar-refractivity contribution in [1.82, 2.24) is 15.6 Å². The van der Waals surface area contributed by atoms with Gasteiger partial charge in [0.1, 0.15) is 17.3 Å². The standard InChI is InChI=1S/C25H30F3N3O3S/c1-24(2,3)34-23(33)31-18(17-9-4-5-12-29-17)20(32)19-21(35-22(30-19)14-10-11-14)15-7-6-8-16(13-15)25(26,27)28/h6-8,13-14,17-18,29H,4-5,9-12H2,1-3H3,(H,31,33). The van der Waals surface area contributed by atoms with Crippen LogP contribution < -0.4 is 10.6 Å². The molecule has 35 heavy (non-hydrogen) atoms. The Hall–Kier alpha value is -2.46. The number of nitrogens with zero attached hydrogens (tertiary/aromatic N) is 1. The van der Waals surface area contributed by atoms with Gasteiger partial charge in [-0.15, -0.1) is 11.3 Å². The highest BCUT2D eigenvalue weighted by Crippen LogP contribution is 2.45. The van der Waals surface area contributed by atoms with Gasteiger partial charge in [0, 0.05) is 12.0 Å². The molecule has 2 heterocycles. The minimum absolute atomic E-state index is 0.102. The largest absolute Gasteiger partial charge is 0.444 e. The third-order valence-corrected chi connectivity index (χ3v) is 7.23. The number of alkyl halides is 3. The second kappa shape index (κ2) is 9.89. The maximum atomic E-state index is 13.9. The Bertz CT molecular complexity index is 1080. The van der Waals surface area contributed by atoms with Crippen molar-refractivity contribution in [2.24, 2.45) is 0 Å². The van der Waals surface area contributed by atoms with Crippen LogP contribution in [0.25, 0.3) is 10.4 Å². The van der Waals surface area contributed by atoms with Crippen LogP contribution in [0.15, 0.2) is 24.3 Å². The normalized spacial score (nSPS) is 19.8. The number of ketones is 1. The molecule has 4 rings (SSSR count). The second-order valence-electron chi connectivity index (χ2n) is 10.1. The number of halogens is 3. The molecule has 1 saturated heterocycles. The molecule has 2 aliphatic rings. The first-order valence-corrected chi connectivity index (χ1v) is 12.7. The van der Waals surface area contributed by atoms with Crippen LogP contribution in [0, 0.1) is 0 Å². The van der Waals surface area contributed by atoms with Crippen molar-refractivity contribution in [2.45, 2.75) is 82.7 Å². The van der Waals surface area contributed by atoms with Gasteiger partial charge in [-0.05, 0) is 70.7 Å². The van der Waals surface area contributed by atoms with Crippen LogP contribution in [-0.4, -0.2) is 41.1 Å². The summed E-state index contributed by atoms with van der Waals surface area (Å²) in [5.41, 5.74) is -1.14. The van der Waals surface area contributed by atoms with E-state index in [0.29, 0.717) is 23.4 Å². The molecule has 2 N–H and O–H groups in total. The molecule has 2 atom stereocenters. The van der Waals surface area contributed by atoms with Gasteiger partial charge < -0.3 is 15.4 Å². The lowest BCUT2D eigenvalue weighted by molar-refractivity contribution is -0.137. The van der Waals surface area contributed by atoms with E-state index in [2.05, 4.69) is 15.6 Å². The van der Waals surface area contributed by atoms with Crippen LogP contribution in [0.5, 0.6) is 0 Å².